The lowest BCUT2D eigenvalue weighted by molar-refractivity contribution is 0.0698. The van der Waals surface area contributed by atoms with Crippen molar-refractivity contribution < 1.29 is 9.90 Å². The minimum atomic E-state index is -0.998. The van der Waals surface area contributed by atoms with Crippen molar-refractivity contribution in [3.05, 3.63) is 59.9 Å². The van der Waals surface area contributed by atoms with E-state index in [0.717, 1.165) is 11.0 Å². The Balaban J connectivity index is 1.96. The zero-order valence-electron chi connectivity index (χ0n) is 10.4. The topological polar surface area (TPSA) is 78.3 Å². The van der Waals surface area contributed by atoms with E-state index in [1.807, 2.05) is 24.3 Å². The van der Waals surface area contributed by atoms with Crippen molar-refractivity contribution >= 4 is 28.9 Å². The summed E-state index contributed by atoms with van der Waals surface area (Å²) in [6.45, 7) is 0. The number of fused-ring (bicyclic) bond motifs is 1. The summed E-state index contributed by atoms with van der Waals surface area (Å²) in [4.78, 5) is 22.7. The summed E-state index contributed by atoms with van der Waals surface area (Å²) in [7, 11) is 0. The summed E-state index contributed by atoms with van der Waals surface area (Å²) < 4.78 is 0. The molecule has 5 nitrogen and oxygen atoms in total. The number of benzene rings is 2. The van der Waals surface area contributed by atoms with Crippen LogP contribution in [0.15, 0.2) is 53.5 Å². The lowest BCUT2D eigenvalue weighted by Crippen LogP contribution is -1.96. The molecule has 5 heteroatoms. The zero-order chi connectivity index (χ0) is 13.9. The Morgan fingerprint density at radius 3 is 2.70 bits per heavy atom. The van der Waals surface area contributed by atoms with Crippen LogP contribution < -0.4 is 0 Å². The van der Waals surface area contributed by atoms with Gasteiger partial charge in [0.2, 0.25) is 0 Å². The van der Waals surface area contributed by atoms with Gasteiger partial charge in [-0.3, -0.25) is 4.99 Å². The molecule has 3 aromatic rings. The first-order valence-electron chi connectivity index (χ1n) is 6.05. The van der Waals surface area contributed by atoms with Gasteiger partial charge in [-0.2, -0.15) is 0 Å². The van der Waals surface area contributed by atoms with Crippen LogP contribution in [0.5, 0.6) is 0 Å². The van der Waals surface area contributed by atoms with Gasteiger partial charge in [0.15, 0.2) is 0 Å². The molecule has 0 aliphatic heterocycles. The number of nitrogens with one attached hydrogen (secondary N) is 1. The van der Waals surface area contributed by atoms with Gasteiger partial charge >= 0.3 is 5.97 Å². The van der Waals surface area contributed by atoms with E-state index in [9.17, 15) is 4.79 Å². The summed E-state index contributed by atoms with van der Waals surface area (Å²) in [6.07, 6.45) is 1.53. The van der Waals surface area contributed by atoms with Gasteiger partial charge in [0.25, 0.3) is 0 Å². The predicted octanol–water partition coefficient (Wildman–Crippen LogP) is 3.01. The minimum absolute atomic E-state index is 0.167. The van der Waals surface area contributed by atoms with Crippen LogP contribution in [0.1, 0.15) is 16.2 Å². The van der Waals surface area contributed by atoms with Crippen molar-refractivity contribution in [1.82, 2.24) is 9.97 Å². The lowest BCUT2D eigenvalue weighted by Gasteiger charge is -1.98. The first-order valence-corrected chi connectivity index (χ1v) is 6.05. The number of carbonyl (C=O) groups is 1. The molecule has 1 heterocycles. The molecular weight excluding hydrogens is 254 g/mol. The maximum absolute atomic E-state index is 11.1. The number of imidazole rings is 1. The van der Waals surface area contributed by atoms with Gasteiger partial charge in [-0.15, -0.1) is 0 Å². The Morgan fingerprint density at radius 1 is 1.15 bits per heavy atom. The Hall–Kier alpha value is -2.95. The molecule has 0 unspecified atom stereocenters. The molecule has 0 fully saturated rings. The highest BCUT2D eigenvalue weighted by Gasteiger charge is 2.07. The molecule has 0 spiro atoms. The van der Waals surface area contributed by atoms with Crippen molar-refractivity contribution in [3.63, 3.8) is 0 Å². The molecule has 0 amide bonds. The highest BCUT2D eigenvalue weighted by molar-refractivity contribution is 5.95. The number of aromatic nitrogens is 2. The molecule has 98 valence electrons. The second-order valence-electron chi connectivity index (χ2n) is 4.22. The average molecular weight is 265 g/mol. The Kier molecular flexibility index (Phi) is 3.01. The van der Waals surface area contributed by atoms with Crippen LogP contribution in [0.25, 0.3) is 11.0 Å². The van der Waals surface area contributed by atoms with Gasteiger partial charge in [-0.25, -0.2) is 9.78 Å². The maximum Gasteiger partial charge on any atom is 0.337 e. The van der Waals surface area contributed by atoms with Crippen LogP contribution in [-0.2, 0) is 0 Å². The number of aliphatic imine (C=N–C) groups is 1. The number of hydrogen-bond donors (Lipinski definition) is 2. The van der Waals surface area contributed by atoms with E-state index in [-0.39, 0.29) is 5.56 Å². The second kappa shape index (κ2) is 4.97. The average Bonchev–Trinajstić information content (AvgIpc) is 2.88. The summed E-state index contributed by atoms with van der Waals surface area (Å²) in [5, 5.41) is 9.08. The number of carboxylic acid groups (broad SMARTS) is 1. The van der Waals surface area contributed by atoms with Gasteiger partial charge in [0, 0.05) is 0 Å². The molecule has 20 heavy (non-hydrogen) atoms. The third-order valence-corrected chi connectivity index (χ3v) is 2.87. The molecule has 0 bridgehead atoms. The van der Waals surface area contributed by atoms with Crippen molar-refractivity contribution in [1.29, 1.82) is 0 Å². The first kappa shape index (κ1) is 12.1. The number of carboxylic acids is 1. The number of aromatic carboxylic acids is 1. The van der Waals surface area contributed by atoms with E-state index in [4.69, 9.17) is 5.11 Å². The molecule has 1 aromatic heterocycles. The van der Waals surface area contributed by atoms with E-state index in [1.54, 1.807) is 18.2 Å². The number of H-pyrrole nitrogens is 1. The molecule has 0 atom stereocenters. The molecule has 0 aliphatic rings. The van der Waals surface area contributed by atoms with Crippen LogP contribution in [0.2, 0.25) is 0 Å². The molecule has 0 aliphatic carbocycles. The monoisotopic (exact) mass is 265 g/mol. The predicted molar refractivity (Wildman–Crippen MR) is 76.7 cm³/mol. The third-order valence-electron chi connectivity index (χ3n) is 2.87. The van der Waals surface area contributed by atoms with Crippen molar-refractivity contribution in [2.24, 2.45) is 4.99 Å². The molecular formula is C15H11N3O2. The van der Waals surface area contributed by atoms with Gasteiger partial charge in [0.1, 0.15) is 5.82 Å². The summed E-state index contributed by atoms with van der Waals surface area (Å²) in [6, 6.07) is 14.2. The van der Waals surface area contributed by atoms with Crippen molar-refractivity contribution in [2.45, 2.75) is 0 Å². The number of rotatable bonds is 3. The van der Waals surface area contributed by atoms with Crippen molar-refractivity contribution in [2.75, 3.05) is 0 Å². The second-order valence-corrected chi connectivity index (χ2v) is 4.22. The van der Waals surface area contributed by atoms with Gasteiger partial charge in [-0.1, -0.05) is 24.3 Å². The van der Waals surface area contributed by atoms with Crippen LogP contribution in [-0.4, -0.2) is 27.3 Å². The molecule has 0 saturated carbocycles. The van der Waals surface area contributed by atoms with Gasteiger partial charge in [-0.05, 0) is 24.3 Å². The molecule has 2 N–H and O–H groups in total. The molecule has 3 rings (SSSR count). The van der Waals surface area contributed by atoms with Crippen LogP contribution in [0.4, 0.5) is 5.69 Å². The highest BCUT2D eigenvalue weighted by Crippen LogP contribution is 2.18. The van der Waals surface area contributed by atoms with Crippen LogP contribution >= 0.6 is 0 Å². The number of nitrogens with zero attached hydrogens (tertiary/aromatic N) is 2. The summed E-state index contributed by atoms with van der Waals surface area (Å²) >= 11 is 0. The smallest absolute Gasteiger partial charge is 0.337 e. The van der Waals surface area contributed by atoms with E-state index in [1.165, 1.54) is 12.3 Å². The highest BCUT2D eigenvalue weighted by atomic mass is 16.4. The summed E-state index contributed by atoms with van der Waals surface area (Å²) in [5.74, 6) is -0.409. The molecule has 0 saturated heterocycles. The fourth-order valence-electron chi connectivity index (χ4n) is 1.93. The Morgan fingerprint density at radius 2 is 1.90 bits per heavy atom. The maximum atomic E-state index is 11.1. The normalized spacial score (nSPS) is 11.2. The number of para-hydroxylation sites is 3. The Labute approximate surface area is 114 Å². The Bertz CT molecular complexity index is 772. The lowest BCUT2D eigenvalue weighted by atomic mass is 10.2. The van der Waals surface area contributed by atoms with Crippen molar-refractivity contribution in [3.8, 4) is 0 Å². The fraction of sp³-hybridized carbons (Fsp3) is 0. The number of aromatic amines is 1. The summed E-state index contributed by atoms with van der Waals surface area (Å²) in [5.41, 5.74) is 2.33. The van der Waals surface area contributed by atoms with E-state index >= 15 is 0 Å². The van der Waals surface area contributed by atoms with Gasteiger partial charge in [0.05, 0.1) is 28.5 Å². The first-order chi connectivity index (χ1) is 9.74. The fourth-order valence-corrected chi connectivity index (χ4v) is 1.93. The number of hydrogen-bond acceptors (Lipinski definition) is 3. The van der Waals surface area contributed by atoms with Crippen LogP contribution in [0.3, 0.4) is 0 Å². The van der Waals surface area contributed by atoms with E-state index < -0.39 is 5.97 Å². The third kappa shape index (κ3) is 2.29. The van der Waals surface area contributed by atoms with E-state index in [0.29, 0.717) is 11.5 Å². The minimum Gasteiger partial charge on any atom is -0.478 e. The quantitative estimate of drug-likeness (QED) is 0.714. The largest absolute Gasteiger partial charge is 0.478 e. The van der Waals surface area contributed by atoms with E-state index in [2.05, 4.69) is 15.0 Å². The standard InChI is InChI=1S/C15H11N3O2/c19-15(20)10-5-1-2-6-11(10)16-9-14-17-12-7-3-4-8-13(12)18-14/h1-9H,(H,17,18)(H,19,20). The van der Waals surface area contributed by atoms with Gasteiger partial charge < -0.3 is 10.1 Å². The molecule has 0 radical (unpaired) electrons. The molecule has 2 aromatic carbocycles. The SMILES string of the molecule is O=C(O)c1ccccc1N=Cc1nc2ccccc2[nH]1. The van der Waals surface area contributed by atoms with Crippen LogP contribution in [0, 0.1) is 0 Å². The zero-order valence-corrected chi connectivity index (χ0v) is 10.4.